The molecule has 1 aromatic rings. The first-order valence-electron chi connectivity index (χ1n) is 5.70. The molecule has 0 saturated heterocycles. The Morgan fingerprint density at radius 3 is 2.28 bits per heavy atom. The predicted molar refractivity (Wildman–Crippen MR) is 73.8 cm³/mol. The van der Waals surface area contributed by atoms with E-state index in [2.05, 4.69) is 13.2 Å². The number of benzene rings is 1. The first-order chi connectivity index (χ1) is 8.73. The van der Waals surface area contributed by atoms with Gasteiger partial charge in [-0.25, -0.2) is 0 Å². The molecular weight excluding hydrogens is 228 g/mol. The van der Waals surface area contributed by atoms with Gasteiger partial charge in [0, 0.05) is 19.8 Å². The van der Waals surface area contributed by atoms with Crippen LogP contribution in [0.15, 0.2) is 37.4 Å². The topological polar surface area (TPSA) is 27.7 Å². The molecule has 0 radical (unpaired) electrons. The molecule has 0 aromatic heterocycles. The second kappa shape index (κ2) is 6.99. The van der Waals surface area contributed by atoms with Crippen LogP contribution in [0.4, 0.5) is 0 Å². The number of hydrogen-bond donors (Lipinski definition) is 0. The molecule has 1 rings (SSSR count). The minimum absolute atomic E-state index is 0.221. The molecule has 2 atom stereocenters. The Balaban J connectivity index is 3.28. The predicted octanol–water partition coefficient (Wildman–Crippen LogP) is 3.23. The number of hydrogen-bond acceptors (Lipinski definition) is 3. The van der Waals surface area contributed by atoms with Gasteiger partial charge in [-0.05, 0) is 11.6 Å². The van der Waals surface area contributed by atoms with Crippen molar-refractivity contribution in [3.8, 4) is 5.75 Å². The van der Waals surface area contributed by atoms with Crippen molar-refractivity contribution in [3.63, 3.8) is 0 Å². The van der Waals surface area contributed by atoms with Crippen LogP contribution in [0.1, 0.15) is 17.2 Å². The number of rotatable bonds is 7. The summed E-state index contributed by atoms with van der Waals surface area (Å²) < 4.78 is 16.2. The summed E-state index contributed by atoms with van der Waals surface area (Å²) in [7, 11) is 4.91. The molecule has 0 aliphatic carbocycles. The summed E-state index contributed by atoms with van der Waals surface area (Å²) in [5, 5.41) is 0. The quantitative estimate of drug-likeness (QED) is 0.693. The van der Waals surface area contributed by atoms with Crippen molar-refractivity contribution in [2.75, 3.05) is 21.3 Å². The van der Waals surface area contributed by atoms with Crippen LogP contribution in [0.5, 0.6) is 5.75 Å². The van der Waals surface area contributed by atoms with Gasteiger partial charge in [0.1, 0.15) is 18.0 Å². The van der Waals surface area contributed by atoms with E-state index in [1.807, 2.05) is 18.2 Å². The number of methoxy groups -OCH3 is 3. The zero-order chi connectivity index (χ0) is 13.5. The van der Waals surface area contributed by atoms with Crippen LogP contribution >= 0.6 is 0 Å². The van der Waals surface area contributed by atoms with E-state index in [1.54, 1.807) is 33.5 Å². The third kappa shape index (κ3) is 2.81. The minimum atomic E-state index is -0.240. The Hall–Kier alpha value is -1.58. The highest BCUT2D eigenvalue weighted by Gasteiger charge is 2.23. The Morgan fingerprint density at radius 1 is 1.11 bits per heavy atom. The SMILES string of the molecule is C=Cc1c(OC)cccc1[C@@H](OC)[C@@H](C=C)OC. The Kier molecular flexibility index (Phi) is 5.62. The van der Waals surface area contributed by atoms with Gasteiger partial charge in [-0.15, -0.1) is 6.58 Å². The molecule has 0 heterocycles. The second-order valence-electron chi connectivity index (χ2n) is 3.76. The van der Waals surface area contributed by atoms with Crippen LogP contribution in [0.3, 0.4) is 0 Å². The Morgan fingerprint density at radius 2 is 1.83 bits per heavy atom. The van der Waals surface area contributed by atoms with Crippen LogP contribution in [-0.4, -0.2) is 27.4 Å². The van der Waals surface area contributed by atoms with Crippen molar-refractivity contribution in [2.45, 2.75) is 12.2 Å². The molecule has 3 heteroatoms. The summed E-state index contributed by atoms with van der Waals surface area (Å²) in [5.74, 6) is 0.767. The zero-order valence-corrected chi connectivity index (χ0v) is 11.2. The van der Waals surface area contributed by atoms with E-state index in [1.165, 1.54) is 0 Å². The third-order valence-electron chi connectivity index (χ3n) is 2.89. The second-order valence-corrected chi connectivity index (χ2v) is 3.76. The minimum Gasteiger partial charge on any atom is -0.496 e. The van der Waals surface area contributed by atoms with Crippen molar-refractivity contribution < 1.29 is 14.2 Å². The highest BCUT2D eigenvalue weighted by Crippen LogP contribution is 2.32. The molecule has 0 spiro atoms. The summed E-state index contributed by atoms with van der Waals surface area (Å²) in [4.78, 5) is 0. The van der Waals surface area contributed by atoms with Gasteiger partial charge >= 0.3 is 0 Å². The van der Waals surface area contributed by atoms with Crippen LogP contribution in [-0.2, 0) is 9.47 Å². The summed E-state index contributed by atoms with van der Waals surface area (Å²) in [5.41, 5.74) is 1.88. The van der Waals surface area contributed by atoms with Crippen LogP contribution in [0, 0.1) is 0 Å². The lowest BCUT2D eigenvalue weighted by atomic mass is 9.97. The molecule has 18 heavy (non-hydrogen) atoms. The van der Waals surface area contributed by atoms with E-state index in [-0.39, 0.29) is 12.2 Å². The van der Waals surface area contributed by atoms with Crippen molar-refractivity contribution >= 4 is 6.08 Å². The van der Waals surface area contributed by atoms with Crippen LogP contribution in [0.2, 0.25) is 0 Å². The van der Waals surface area contributed by atoms with Crippen LogP contribution in [0.25, 0.3) is 6.08 Å². The van der Waals surface area contributed by atoms with E-state index < -0.39 is 0 Å². The first kappa shape index (κ1) is 14.5. The molecule has 0 unspecified atom stereocenters. The summed E-state index contributed by atoms with van der Waals surface area (Å²) in [6.07, 6.45) is 3.02. The molecule has 3 nitrogen and oxygen atoms in total. The highest BCUT2D eigenvalue weighted by molar-refractivity contribution is 5.60. The maximum atomic E-state index is 5.52. The van der Waals surface area contributed by atoms with Crippen LogP contribution < -0.4 is 4.74 Å². The van der Waals surface area contributed by atoms with Gasteiger partial charge in [0.2, 0.25) is 0 Å². The van der Waals surface area contributed by atoms with E-state index >= 15 is 0 Å². The van der Waals surface area contributed by atoms with Crippen molar-refractivity contribution in [3.05, 3.63) is 48.6 Å². The van der Waals surface area contributed by atoms with Crippen molar-refractivity contribution in [2.24, 2.45) is 0 Å². The maximum Gasteiger partial charge on any atom is 0.126 e. The largest absolute Gasteiger partial charge is 0.496 e. The molecule has 0 saturated carbocycles. The van der Waals surface area contributed by atoms with E-state index in [4.69, 9.17) is 14.2 Å². The van der Waals surface area contributed by atoms with E-state index in [9.17, 15) is 0 Å². The molecule has 0 bridgehead atoms. The standard InChI is InChI=1S/C15H20O3/c1-6-11-12(9-8-10-14(11)17-4)15(18-5)13(7-2)16-3/h6-10,13,15H,1-2H2,3-5H3/t13-,15-/m1/s1. The molecule has 0 N–H and O–H groups in total. The van der Waals surface area contributed by atoms with Gasteiger partial charge in [-0.1, -0.05) is 30.9 Å². The lowest BCUT2D eigenvalue weighted by molar-refractivity contribution is -0.0128. The number of ether oxygens (including phenoxy) is 3. The summed E-state index contributed by atoms with van der Waals surface area (Å²) in [6.45, 7) is 7.59. The lowest BCUT2D eigenvalue weighted by Crippen LogP contribution is -2.21. The molecule has 0 fully saturated rings. The van der Waals surface area contributed by atoms with Crippen molar-refractivity contribution in [1.82, 2.24) is 0 Å². The van der Waals surface area contributed by atoms with Gasteiger partial charge in [0.15, 0.2) is 0 Å². The van der Waals surface area contributed by atoms with E-state index in [0.717, 1.165) is 16.9 Å². The zero-order valence-electron chi connectivity index (χ0n) is 11.2. The van der Waals surface area contributed by atoms with Crippen molar-refractivity contribution in [1.29, 1.82) is 0 Å². The fourth-order valence-electron chi connectivity index (χ4n) is 1.99. The first-order valence-corrected chi connectivity index (χ1v) is 5.70. The monoisotopic (exact) mass is 248 g/mol. The Labute approximate surface area is 109 Å². The Bertz CT molecular complexity index is 412. The normalized spacial score (nSPS) is 13.7. The fraction of sp³-hybridized carbons (Fsp3) is 0.333. The molecular formula is C15H20O3. The third-order valence-corrected chi connectivity index (χ3v) is 2.89. The fourth-order valence-corrected chi connectivity index (χ4v) is 1.99. The summed E-state index contributed by atoms with van der Waals surface area (Å²) in [6, 6.07) is 5.79. The maximum absolute atomic E-state index is 5.52. The van der Waals surface area contributed by atoms with E-state index in [0.29, 0.717) is 0 Å². The molecule has 98 valence electrons. The average molecular weight is 248 g/mol. The molecule has 0 amide bonds. The average Bonchev–Trinajstić information content (AvgIpc) is 2.43. The smallest absolute Gasteiger partial charge is 0.126 e. The molecule has 1 aromatic carbocycles. The molecule has 0 aliphatic rings. The summed E-state index contributed by atoms with van der Waals surface area (Å²) >= 11 is 0. The van der Waals surface area contributed by atoms with Gasteiger partial charge < -0.3 is 14.2 Å². The highest BCUT2D eigenvalue weighted by atomic mass is 16.5. The van der Waals surface area contributed by atoms with Gasteiger partial charge in [0.25, 0.3) is 0 Å². The van der Waals surface area contributed by atoms with Gasteiger partial charge in [-0.2, -0.15) is 0 Å². The molecule has 0 aliphatic heterocycles. The van der Waals surface area contributed by atoms with Gasteiger partial charge in [0.05, 0.1) is 7.11 Å². The van der Waals surface area contributed by atoms with Gasteiger partial charge in [-0.3, -0.25) is 0 Å². The lowest BCUT2D eigenvalue weighted by Gasteiger charge is -2.24.